The summed E-state index contributed by atoms with van der Waals surface area (Å²) in [4.78, 5) is 20.1. The van der Waals surface area contributed by atoms with Gasteiger partial charge in [0, 0.05) is 37.4 Å². The number of hydrogen-bond donors (Lipinski definition) is 2. The smallest absolute Gasteiger partial charge is 0.270 e. The first-order valence-corrected chi connectivity index (χ1v) is 7.16. The van der Waals surface area contributed by atoms with Gasteiger partial charge in [-0.05, 0) is 36.2 Å². The van der Waals surface area contributed by atoms with Gasteiger partial charge in [0.2, 0.25) is 0 Å². The summed E-state index contributed by atoms with van der Waals surface area (Å²) in [7, 11) is 0. The van der Waals surface area contributed by atoms with Crippen molar-refractivity contribution < 1.29 is 4.79 Å². The van der Waals surface area contributed by atoms with E-state index in [0.29, 0.717) is 12.2 Å². The zero-order valence-electron chi connectivity index (χ0n) is 12.2. The van der Waals surface area contributed by atoms with Crippen LogP contribution in [0.3, 0.4) is 0 Å². The highest BCUT2D eigenvalue weighted by molar-refractivity contribution is 5.93. The van der Waals surface area contributed by atoms with Crippen LogP contribution in [0.5, 0.6) is 0 Å². The van der Waals surface area contributed by atoms with Crippen LogP contribution in [0.25, 0.3) is 0 Å². The van der Waals surface area contributed by atoms with Crippen molar-refractivity contribution in [2.24, 2.45) is 0 Å². The van der Waals surface area contributed by atoms with Crippen molar-refractivity contribution in [3.63, 3.8) is 0 Å². The van der Waals surface area contributed by atoms with E-state index in [2.05, 4.69) is 27.5 Å². The number of unbranched alkanes of at least 4 members (excludes halogenated alkanes) is 1. The highest BCUT2D eigenvalue weighted by Crippen LogP contribution is 2.08. The van der Waals surface area contributed by atoms with Crippen molar-refractivity contribution in [1.82, 2.24) is 15.3 Å². The Bertz CT molecular complexity index is 571. The Kier molecular flexibility index (Phi) is 5.70. The molecule has 2 aromatic heterocycles. The lowest BCUT2D eigenvalue weighted by Crippen LogP contribution is -2.23. The number of carbonyl (C=O) groups excluding carboxylic acids is 1. The summed E-state index contributed by atoms with van der Waals surface area (Å²) >= 11 is 0. The molecule has 0 radical (unpaired) electrons. The number of carbonyl (C=O) groups is 1. The molecule has 0 spiro atoms. The van der Waals surface area contributed by atoms with Gasteiger partial charge < -0.3 is 10.6 Å². The first-order valence-electron chi connectivity index (χ1n) is 7.16. The average Bonchev–Trinajstić information content (AvgIpc) is 2.54. The van der Waals surface area contributed by atoms with E-state index >= 15 is 0 Å². The maximum absolute atomic E-state index is 12.1. The van der Waals surface area contributed by atoms with Crippen LogP contribution in [-0.2, 0) is 6.54 Å². The van der Waals surface area contributed by atoms with Crippen LogP contribution in [0.2, 0.25) is 0 Å². The number of nitrogens with one attached hydrogen (secondary N) is 2. The number of aromatic nitrogens is 2. The molecule has 0 saturated carbocycles. The van der Waals surface area contributed by atoms with E-state index < -0.39 is 0 Å². The summed E-state index contributed by atoms with van der Waals surface area (Å²) in [5, 5.41) is 6.14. The van der Waals surface area contributed by atoms with Crippen LogP contribution < -0.4 is 10.6 Å². The van der Waals surface area contributed by atoms with Crippen molar-refractivity contribution >= 4 is 11.6 Å². The number of amides is 1. The highest BCUT2D eigenvalue weighted by atomic mass is 16.1. The fourth-order valence-corrected chi connectivity index (χ4v) is 1.85. The first kappa shape index (κ1) is 15.0. The van der Waals surface area contributed by atoms with E-state index in [-0.39, 0.29) is 5.91 Å². The second-order valence-corrected chi connectivity index (χ2v) is 4.75. The Balaban J connectivity index is 1.91. The molecule has 0 aliphatic carbocycles. The molecule has 5 nitrogen and oxygen atoms in total. The molecule has 5 heteroatoms. The summed E-state index contributed by atoms with van der Waals surface area (Å²) in [5.74, 6) is -0.175. The fourth-order valence-electron chi connectivity index (χ4n) is 1.85. The van der Waals surface area contributed by atoms with Crippen LogP contribution in [0.1, 0.15) is 35.8 Å². The topological polar surface area (TPSA) is 66.9 Å². The quantitative estimate of drug-likeness (QED) is 0.767. The highest BCUT2D eigenvalue weighted by Gasteiger charge is 2.07. The number of nitrogens with zero attached hydrogens (tertiary/aromatic N) is 2. The normalized spacial score (nSPS) is 10.1. The van der Waals surface area contributed by atoms with Gasteiger partial charge in [0.15, 0.2) is 0 Å². The van der Waals surface area contributed by atoms with E-state index in [0.717, 1.165) is 30.6 Å². The minimum atomic E-state index is -0.175. The number of rotatable bonds is 7. The van der Waals surface area contributed by atoms with E-state index in [4.69, 9.17) is 0 Å². The molecule has 0 fully saturated rings. The molecule has 0 aliphatic heterocycles. The molecule has 110 valence electrons. The Morgan fingerprint density at radius 3 is 2.76 bits per heavy atom. The van der Waals surface area contributed by atoms with Crippen molar-refractivity contribution in [1.29, 1.82) is 0 Å². The van der Waals surface area contributed by atoms with Crippen LogP contribution in [-0.4, -0.2) is 22.4 Å². The predicted molar refractivity (Wildman–Crippen MR) is 83.0 cm³/mol. The molecular formula is C16H20N4O. The predicted octanol–water partition coefficient (Wildman–Crippen LogP) is 2.62. The van der Waals surface area contributed by atoms with Gasteiger partial charge in [-0.15, -0.1) is 0 Å². The summed E-state index contributed by atoms with van der Waals surface area (Å²) in [6, 6.07) is 7.39. The summed E-state index contributed by atoms with van der Waals surface area (Å²) in [5.41, 5.74) is 2.36. The maximum Gasteiger partial charge on any atom is 0.270 e. The third-order valence-electron chi connectivity index (χ3n) is 3.05. The molecule has 21 heavy (non-hydrogen) atoms. The van der Waals surface area contributed by atoms with Crippen molar-refractivity contribution in [2.75, 3.05) is 11.9 Å². The number of pyridine rings is 2. The van der Waals surface area contributed by atoms with Gasteiger partial charge in [-0.2, -0.15) is 0 Å². The fraction of sp³-hybridized carbons (Fsp3) is 0.312. The van der Waals surface area contributed by atoms with Gasteiger partial charge in [-0.25, -0.2) is 0 Å². The number of anilines is 1. The van der Waals surface area contributed by atoms with Gasteiger partial charge in [-0.1, -0.05) is 13.3 Å². The molecule has 1 amide bonds. The van der Waals surface area contributed by atoms with Crippen LogP contribution in [0, 0.1) is 0 Å². The van der Waals surface area contributed by atoms with Gasteiger partial charge in [0.25, 0.3) is 5.91 Å². The summed E-state index contributed by atoms with van der Waals surface area (Å²) in [6.45, 7) is 3.52. The van der Waals surface area contributed by atoms with Gasteiger partial charge in [0.05, 0.1) is 0 Å². The van der Waals surface area contributed by atoms with Crippen LogP contribution >= 0.6 is 0 Å². The lowest BCUT2D eigenvalue weighted by atomic mass is 10.2. The van der Waals surface area contributed by atoms with Crippen LogP contribution in [0.4, 0.5) is 5.69 Å². The van der Waals surface area contributed by atoms with E-state index in [1.165, 1.54) is 0 Å². The molecule has 0 unspecified atom stereocenters. The lowest BCUT2D eigenvalue weighted by molar-refractivity contribution is 0.0946. The zero-order valence-corrected chi connectivity index (χ0v) is 12.2. The number of hydrogen-bond acceptors (Lipinski definition) is 4. The second kappa shape index (κ2) is 7.99. The Labute approximate surface area is 124 Å². The molecule has 2 N–H and O–H groups in total. The van der Waals surface area contributed by atoms with Gasteiger partial charge >= 0.3 is 0 Å². The summed E-state index contributed by atoms with van der Waals surface area (Å²) in [6.07, 6.45) is 7.30. The molecule has 2 rings (SSSR count). The van der Waals surface area contributed by atoms with Crippen molar-refractivity contribution in [3.05, 3.63) is 54.1 Å². The third kappa shape index (κ3) is 4.87. The van der Waals surface area contributed by atoms with E-state index in [9.17, 15) is 4.79 Å². The Morgan fingerprint density at radius 2 is 2.00 bits per heavy atom. The standard InChI is InChI=1S/C16H20N4O/c1-2-3-7-18-14-6-10-19-15(11-14)16(21)20-12-13-4-8-17-9-5-13/h4-6,8-11H,2-3,7,12H2,1H3,(H,18,19)(H,20,21). The molecular weight excluding hydrogens is 264 g/mol. The lowest BCUT2D eigenvalue weighted by Gasteiger charge is -2.08. The van der Waals surface area contributed by atoms with Gasteiger partial charge in [0.1, 0.15) is 5.69 Å². The van der Waals surface area contributed by atoms with Crippen molar-refractivity contribution in [2.45, 2.75) is 26.3 Å². The Morgan fingerprint density at radius 1 is 1.19 bits per heavy atom. The minimum Gasteiger partial charge on any atom is -0.385 e. The summed E-state index contributed by atoms with van der Waals surface area (Å²) < 4.78 is 0. The van der Waals surface area contributed by atoms with E-state index in [1.54, 1.807) is 24.7 Å². The zero-order chi connectivity index (χ0) is 14.9. The van der Waals surface area contributed by atoms with E-state index in [1.807, 2.05) is 18.2 Å². The molecule has 2 aromatic rings. The van der Waals surface area contributed by atoms with Crippen LogP contribution in [0.15, 0.2) is 42.9 Å². The SMILES string of the molecule is CCCCNc1ccnc(C(=O)NCc2ccncc2)c1. The molecule has 0 aromatic carbocycles. The molecule has 0 saturated heterocycles. The average molecular weight is 284 g/mol. The molecule has 0 bridgehead atoms. The maximum atomic E-state index is 12.1. The largest absolute Gasteiger partial charge is 0.385 e. The Hall–Kier alpha value is -2.43. The molecule has 0 atom stereocenters. The first-order chi connectivity index (χ1) is 10.3. The minimum absolute atomic E-state index is 0.175. The monoisotopic (exact) mass is 284 g/mol. The second-order valence-electron chi connectivity index (χ2n) is 4.75. The molecule has 2 heterocycles. The third-order valence-corrected chi connectivity index (χ3v) is 3.05. The van der Waals surface area contributed by atoms with Crippen molar-refractivity contribution in [3.8, 4) is 0 Å². The molecule has 0 aliphatic rings. The van der Waals surface area contributed by atoms with Gasteiger partial charge in [-0.3, -0.25) is 14.8 Å².